The lowest BCUT2D eigenvalue weighted by molar-refractivity contribution is -0.0446. The van der Waals surface area contributed by atoms with E-state index in [9.17, 15) is 8.78 Å². The second-order valence-electron chi connectivity index (χ2n) is 4.94. The van der Waals surface area contributed by atoms with E-state index in [0.717, 1.165) is 12.8 Å². The summed E-state index contributed by atoms with van der Waals surface area (Å²) in [6.45, 7) is 0.585. The van der Waals surface area contributed by atoms with E-state index in [1.807, 2.05) is 0 Å². The van der Waals surface area contributed by atoms with E-state index < -0.39 is 5.92 Å². The van der Waals surface area contributed by atoms with Gasteiger partial charge in [-0.25, -0.2) is 8.78 Å². The number of nitrogens with two attached hydrogens (primary N) is 1. The summed E-state index contributed by atoms with van der Waals surface area (Å²) < 4.78 is 25.8. The third kappa shape index (κ3) is 3.61. The Kier molecular flexibility index (Phi) is 3.30. The Hall–Kier alpha value is -0.870. The zero-order chi connectivity index (χ0) is 11.6. The Morgan fingerprint density at radius 1 is 1.25 bits per heavy atom. The Balaban J connectivity index is 1.69. The maximum atomic E-state index is 12.9. The molecular formula is C11H19F2N3. The molecule has 0 radical (unpaired) electrons. The molecule has 0 aromatic rings. The molecule has 3 nitrogen and oxygen atoms in total. The second-order valence-corrected chi connectivity index (χ2v) is 4.94. The molecule has 2 fully saturated rings. The first-order valence-electron chi connectivity index (χ1n) is 5.99. The number of nitrogens with zero attached hydrogens (tertiary/aromatic N) is 1. The van der Waals surface area contributed by atoms with Crippen molar-refractivity contribution in [3.8, 4) is 0 Å². The van der Waals surface area contributed by atoms with Crippen LogP contribution in [0.5, 0.6) is 0 Å². The molecule has 0 spiro atoms. The number of guanidine groups is 1. The van der Waals surface area contributed by atoms with E-state index in [4.69, 9.17) is 5.73 Å². The fourth-order valence-corrected chi connectivity index (χ4v) is 1.99. The Morgan fingerprint density at radius 2 is 1.88 bits per heavy atom. The predicted molar refractivity (Wildman–Crippen MR) is 59.6 cm³/mol. The van der Waals surface area contributed by atoms with E-state index in [1.54, 1.807) is 0 Å². The molecule has 92 valence electrons. The molecule has 16 heavy (non-hydrogen) atoms. The lowest BCUT2D eigenvalue weighted by Crippen LogP contribution is -2.34. The summed E-state index contributed by atoms with van der Waals surface area (Å²) in [5, 5.41) is 3.09. The van der Waals surface area contributed by atoms with Gasteiger partial charge in [0.25, 0.3) is 0 Å². The van der Waals surface area contributed by atoms with Crippen LogP contribution in [0.15, 0.2) is 4.99 Å². The highest BCUT2D eigenvalue weighted by Gasteiger charge is 2.34. The van der Waals surface area contributed by atoms with Gasteiger partial charge in [-0.1, -0.05) is 0 Å². The molecule has 0 aliphatic heterocycles. The van der Waals surface area contributed by atoms with Gasteiger partial charge >= 0.3 is 0 Å². The normalized spacial score (nSPS) is 26.8. The van der Waals surface area contributed by atoms with Crippen LogP contribution in [0.3, 0.4) is 0 Å². The van der Waals surface area contributed by atoms with Gasteiger partial charge in [0.05, 0.1) is 0 Å². The monoisotopic (exact) mass is 231 g/mol. The number of nitrogens with one attached hydrogen (secondary N) is 1. The molecule has 0 amide bonds. The van der Waals surface area contributed by atoms with Gasteiger partial charge in [-0.05, 0) is 31.6 Å². The topological polar surface area (TPSA) is 50.4 Å². The van der Waals surface area contributed by atoms with Crippen LogP contribution in [0, 0.1) is 5.92 Å². The van der Waals surface area contributed by atoms with E-state index >= 15 is 0 Å². The van der Waals surface area contributed by atoms with E-state index in [0.29, 0.717) is 31.4 Å². The summed E-state index contributed by atoms with van der Waals surface area (Å²) in [5.74, 6) is -1.70. The van der Waals surface area contributed by atoms with Crippen LogP contribution < -0.4 is 11.1 Å². The minimum absolute atomic E-state index is 0.00312. The number of rotatable bonds is 3. The fraction of sp³-hybridized carbons (Fsp3) is 0.909. The van der Waals surface area contributed by atoms with Gasteiger partial charge in [-0.3, -0.25) is 4.99 Å². The van der Waals surface area contributed by atoms with Gasteiger partial charge in [0, 0.05) is 25.4 Å². The molecule has 2 saturated carbocycles. The van der Waals surface area contributed by atoms with E-state index in [2.05, 4.69) is 10.3 Å². The molecule has 2 aliphatic rings. The second kappa shape index (κ2) is 4.55. The first-order valence-corrected chi connectivity index (χ1v) is 5.99. The van der Waals surface area contributed by atoms with Gasteiger partial charge in [-0.2, -0.15) is 0 Å². The molecule has 2 aliphatic carbocycles. The number of alkyl halides is 2. The zero-order valence-corrected chi connectivity index (χ0v) is 9.38. The number of halogens is 2. The average molecular weight is 231 g/mol. The highest BCUT2D eigenvalue weighted by Crippen LogP contribution is 2.36. The van der Waals surface area contributed by atoms with Crippen molar-refractivity contribution in [2.45, 2.75) is 50.5 Å². The maximum absolute atomic E-state index is 12.9. The zero-order valence-electron chi connectivity index (χ0n) is 9.38. The minimum atomic E-state index is -2.45. The van der Waals surface area contributed by atoms with Crippen LogP contribution in [0.4, 0.5) is 8.78 Å². The summed E-state index contributed by atoms with van der Waals surface area (Å²) in [7, 11) is 0. The fourth-order valence-electron chi connectivity index (χ4n) is 1.99. The van der Waals surface area contributed by atoms with Crippen LogP contribution >= 0.6 is 0 Å². The van der Waals surface area contributed by atoms with Crippen LogP contribution in [-0.2, 0) is 0 Å². The van der Waals surface area contributed by atoms with Gasteiger partial charge in [0.2, 0.25) is 5.92 Å². The summed E-state index contributed by atoms with van der Waals surface area (Å²) in [5.41, 5.74) is 5.68. The molecule has 0 unspecified atom stereocenters. The van der Waals surface area contributed by atoms with Crippen LogP contribution in [0.2, 0.25) is 0 Å². The smallest absolute Gasteiger partial charge is 0.248 e. The summed E-state index contributed by atoms with van der Waals surface area (Å²) >= 11 is 0. The van der Waals surface area contributed by atoms with Crippen molar-refractivity contribution in [2.24, 2.45) is 16.6 Å². The molecular weight excluding hydrogens is 212 g/mol. The molecule has 0 aromatic carbocycles. The number of hydrogen-bond donors (Lipinski definition) is 2. The highest BCUT2D eigenvalue weighted by atomic mass is 19.3. The summed E-state index contributed by atoms with van der Waals surface area (Å²) in [4.78, 5) is 4.21. The third-order valence-corrected chi connectivity index (χ3v) is 3.29. The molecule has 0 saturated heterocycles. The molecule has 0 heterocycles. The standard InChI is InChI=1S/C11H19F2N3/c12-11(13)5-3-8(4-6-11)7-15-10(14)16-9-1-2-9/h8-9H,1-7H2,(H3,14,15,16). The first-order chi connectivity index (χ1) is 7.55. The van der Waals surface area contributed by atoms with Crippen LogP contribution in [0.1, 0.15) is 38.5 Å². The molecule has 0 aromatic heterocycles. The van der Waals surface area contributed by atoms with Crippen molar-refractivity contribution in [1.29, 1.82) is 0 Å². The number of hydrogen-bond acceptors (Lipinski definition) is 1. The lowest BCUT2D eigenvalue weighted by Gasteiger charge is -2.27. The Morgan fingerprint density at radius 3 is 2.44 bits per heavy atom. The number of aliphatic imine (C=N–C) groups is 1. The average Bonchev–Trinajstić information content (AvgIpc) is 3.00. The van der Waals surface area contributed by atoms with E-state index in [-0.39, 0.29) is 18.8 Å². The summed E-state index contributed by atoms with van der Waals surface area (Å²) in [6, 6.07) is 0.499. The first kappa shape index (κ1) is 11.6. The third-order valence-electron chi connectivity index (χ3n) is 3.29. The van der Waals surface area contributed by atoms with Crippen molar-refractivity contribution >= 4 is 5.96 Å². The van der Waals surface area contributed by atoms with Gasteiger partial charge in [-0.15, -0.1) is 0 Å². The van der Waals surface area contributed by atoms with Crippen molar-refractivity contribution in [2.75, 3.05) is 6.54 Å². The van der Waals surface area contributed by atoms with Gasteiger partial charge < -0.3 is 11.1 Å². The predicted octanol–water partition coefficient (Wildman–Crippen LogP) is 1.88. The minimum Gasteiger partial charge on any atom is -0.370 e. The quantitative estimate of drug-likeness (QED) is 0.575. The van der Waals surface area contributed by atoms with Crippen molar-refractivity contribution in [3.63, 3.8) is 0 Å². The largest absolute Gasteiger partial charge is 0.370 e. The van der Waals surface area contributed by atoms with Gasteiger partial charge in [0.15, 0.2) is 5.96 Å². The van der Waals surface area contributed by atoms with Crippen LogP contribution in [0.25, 0.3) is 0 Å². The van der Waals surface area contributed by atoms with Crippen molar-refractivity contribution in [1.82, 2.24) is 5.32 Å². The molecule has 3 N–H and O–H groups in total. The van der Waals surface area contributed by atoms with Gasteiger partial charge in [0.1, 0.15) is 0 Å². The molecule has 0 atom stereocenters. The molecule has 5 heteroatoms. The lowest BCUT2D eigenvalue weighted by atomic mass is 9.87. The van der Waals surface area contributed by atoms with Crippen LogP contribution in [-0.4, -0.2) is 24.5 Å². The Labute approximate surface area is 94.5 Å². The SMILES string of the molecule is NC(=NCC1CCC(F)(F)CC1)NC1CC1. The van der Waals surface area contributed by atoms with E-state index in [1.165, 1.54) is 0 Å². The summed E-state index contributed by atoms with van der Waals surface area (Å²) in [6.07, 6.45) is 3.45. The molecule has 0 bridgehead atoms. The Bertz CT molecular complexity index is 264. The van der Waals surface area contributed by atoms with Crippen molar-refractivity contribution < 1.29 is 8.78 Å². The highest BCUT2D eigenvalue weighted by molar-refractivity contribution is 5.78. The molecule has 2 rings (SSSR count). The maximum Gasteiger partial charge on any atom is 0.248 e. The van der Waals surface area contributed by atoms with Crippen molar-refractivity contribution in [3.05, 3.63) is 0 Å².